The molecular weight excluding hydrogens is 495 g/mol. The zero-order valence-electron chi connectivity index (χ0n) is 21.7. The molecule has 2 atom stereocenters. The monoisotopic (exact) mass is 525 g/mol. The highest BCUT2D eigenvalue weighted by Gasteiger charge is 2.46. The minimum atomic E-state index is -4.45. The molecule has 1 saturated heterocycles. The minimum Gasteiger partial charge on any atom is -0.347 e. The number of hydrogen-bond acceptors (Lipinski definition) is 6. The van der Waals surface area contributed by atoms with Crippen molar-refractivity contribution in [3.05, 3.63) is 59.8 Å². The quantitative estimate of drug-likeness (QED) is 0.403. The number of halogens is 3. The fourth-order valence-electron chi connectivity index (χ4n) is 4.90. The fraction of sp³-hybridized carbons (Fsp3) is 0.407. The smallest absolute Gasteiger partial charge is 0.347 e. The van der Waals surface area contributed by atoms with Crippen LogP contribution in [0.25, 0.3) is 28.1 Å². The van der Waals surface area contributed by atoms with E-state index < -0.39 is 17.8 Å². The standard InChI is InChI=1S/C27H30F3N7O/c1-26(2,3)33-25(38)17-6-5-16-7-9-20(32-21(16)13-17)24-35-34-22-10-8-18(14-37(22)24)23(27(28,29)30)36-12-11-19(15-36)31-4/h5-10,13-14,19,23,31H,11-12,15H2,1-4H3,(H,33,38)/t19-,23+/m0/s1. The molecule has 11 heteroatoms. The molecule has 0 saturated carbocycles. The molecule has 2 N–H and O–H groups in total. The normalized spacial score (nSPS) is 17.8. The highest BCUT2D eigenvalue weighted by atomic mass is 19.4. The van der Waals surface area contributed by atoms with Gasteiger partial charge in [0.2, 0.25) is 0 Å². The summed E-state index contributed by atoms with van der Waals surface area (Å²) in [4.78, 5) is 18.8. The van der Waals surface area contributed by atoms with Crippen LogP contribution in [0.2, 0.25) is 0 Å². The van der Waals surface area contributed by atoms with Crippen LogP contribution in [0.3, 0.4) is 0 Å². The first-order valence-corrected chi connectivity index (χ1v) is 12.5. The van der Waals surface area contributed by atoms with Gasteiger partial charge in [0.1, 0.15) is 11.7 Å². The average Bonchev–Trinajstić information content (AvgIpc) is 3.48. The highest BCUT2D eigenvalue weighted by Crippen LogP contribution is 2.39. The van der Waals surface area contributed by atoms with Crippen molar-refractivity contribution in [2.45, 2.75) is 51.0 Å². The lowest BCUT2D eigenvalue weighted by atomic mass is 10.1. The van der Waals surface area contributed by atoms with Gasteiger partial charge >= 0.3 is 6.18 Å². The van der Waals surface area contributed by atoms with Crippen molar-refractivity contribution in [2.75, 3.05) is 20.1 Å². The number of amides is 1. The zero-order valence-corrected chi connectivity index (χ0v) is 21.7. The number of likely N-dealkylation sites (tertiary alicyclic amines) is 1. The SMILES string of the molecule is CN[C@H]1CCN([C@H](c2ccc3nnc(-c4ccc5ccc(C(=O)NC(C)(C)C)cc5n4)n3c2)C(F)(F)F)C1. The maximum absolute atomic E-state index is 14.3. The Morgan fingerprint density at radius 2 is 1.84 bits per heavy atom. The van der Waals surface area contributed by atoms with Crippen molar-refractivity contribution in [2.24, 2.45) is 0 Å². The molecule has 0 spiro atoms. The first-order valence-electron chi connectivity index (χ1n) is 12.5. The van der Waals surface area contributed by atoms with E-state index in [2.05, 4.69) is 25.8 Å². The molecule has 3 aromatic heterocycles. The van der Waals surface area contributed by atoms with Crippen LogP contribution >= 0.6 is 0 Å². The van der Waals surface area contributed by atoms with Gasteiger partial charge in [-0.2, -0.15) is 13.2 Å². The Morgan fingerprint density at radius 3 is 2.53 bits per heavy atom. The maximum Gasteiger partial charge on any atom is 0.408 e. The number of hydrogen-bond donors (Lipinski definition) is 2. The van der Waals surface area contributed by atoms with Gasteiger partial charge in [0.05, 0.1) is 5.52 Å². The molecule has 0 bridgehead atoms. The van der Waals surface area contributed by atoms with Crippen molar-refractivity contribution in [3.63, 3.8) is 0 Å². The van der Waals surface area contributed by atoms with Gasteiger partial charge in [-0.1, -0.05) is 18.2 Å². The number of rotatable bonds is 5. The molecular formula is C27H30F3N7O. The third-order valence-electron chi connectivity index (χ3n) is 6.72. The Hall–Kier alpha value is -3.57. The molecule has 1 amide bonds. The van der Waals surface area contributed by atoms with Crippen molar-refractivity contribution in [1.82, 2.24) is 35.1 Å². The van der Waals surface area contributed by atoms with E-state index in [9.17, 15) is 18.0 Å². The molecule has 8 nitrogen and oxygen atoms in total. The number of nitrogens with zero attached hydrogens (tertiary/aromatic N) is 5. The summed E-state index contributed by atoms with van der Waals surface area (Å²) in [7, 11) is 1.77. The molecule has 200 valence electrons. The predicted octanol–water partition coefficient (Wildman–Crippen LogP) is 4.37. The summed E-state index contributed by atoms with van der Waals surface area (Å²) in [6.45, 7) is 6.36. The van der Waals surface area contributed by atoms with E-state index in [0.29, 0.717) is 47.8 Å². The number of likely N-dealkylation sites (N-methyl/N-ethyl adjacent to an activating group) is 1. The molecule has 0 unspecified atom stereocenters. The van der Waals surface area contributed by atoms with Crippen LogP contribution in [-0.4, -0.2) is 68.3 Å². The number of alkyl halides is 3. The number of fused-ring (bicyclic) bond motifs is 2. The van der Waals surface area contributed by atoms with Gasteiger partial charge in [-0.15, -0.1) is 10.2 Å². The molecule has 1 fully saturated rings. The van der Waals surface area contributed by atoms with Crippen LogP contribution in [0.5, 0.6) is 0 Å². The number of carbonyl (C=O) groups is 1. The number of benzene rings is 1. The van der Waals surface area contributed by atoms with Gasteiger partial charge < -0.3 is 10.6 Å². The number of aromatic nitrogens is 4. The molecule has 4 heterocycles. The van der Waals surface area contributed by atoms with Gasteiger partial charge in [0.15, 0.2) is 11.5 Å². The molecule has 1 aliphatic rings. The van der Waals surface area contributed by atoms with E-state index >= 15 is 0 Å². The molecule has 0 radical (unpaired) electrons. The van der Waals surface area contributed by atoms with Crippen LogP contribution in [0, 0.1) is 0 Å². The van der Waals surface area contributed by atoms with E-state index in [0.717, 1.165) is 5.39 Å². The van der Waals surface area contributed by atoms with E-state index in [1.165, 1.54) is 17.2 Å². The van der Waals surface area contributed by atoms with E-state index in [1.54, 1.807) is 35.7 Å². The molecule has 1 aromatic carbocycles. The van der Waals surface area contributed by atoms with Crippen LogP contribution in [0.4, 0.5) is 13.2 Å². The second-order valence-corrected chi connectivity index (χ2v) is 10.7. The predicted molar refractivity (Wildman–Crippen MR) is 139 cm³/mol. The summed E-state index contributed by atoms with van der Waals surface area (Å²) in [5.74, 6) is 0.105. The third kappa shape index (κ3) is 5.21. The molecule has 5 rings (SSSR count). The van der Waals surface area contributed by atoms with Crippen molar-refractivity contribution in [3.8, 4) is 11.5 Å². The topological polar surface area (TPSA) is 87.4 Å². The van der Waals surface area contributed by atoms with E-state index in [4.69, 9.17) is 0 Å². The van der Waals surface area contributed by atoms with Gasteiger partial charge in [0, 0.05) is 41.8 Å². The Bertz CT molecular complexity index is 1490. The first kappa shape index (κ1) is 26.1. The van der Waals surface area contributed by atoms with Gasteiger partial charge in [-0.05, 0) is 64.1 Å². The minimum absolute atomic E-state index is 0.0197. The number of pyridine rings is 2. The number of nitrogens with one attached hydrogen (secondary N) is 2. The first-order chi connectivity index (χ1) is 17.9. The van der Waals surface area contributed by atoms with Crippen LogP contribution in [0.1, 0.15) is 49.2 Å². The van der Waals surface area contributed by atoms with Crippen molar-refractivity contribution in [1.29, 1.82) is 0 Å². The number of carbonyl (C=O) groups excluding carboxylic acids is 1. The maximum atomic E-state index is 14.3. The molecule has 0 aliphatic carbocycles. The highest BCUT2D eigenvalue weighted by molar-refractivity contribution is 5.98. The van der Waals surface area contributed by atoms with E-state index in [-0.39, 0.29) is 17.5 Å². The second kappa shape index (κ2) is 9.63. The third-order valence-corrected chi connectivity index (χ3v) is 6.72. The van der Waals surface area contributed by atoms with Crippen LogP contribution in [-0.2, 0) is 0 Å². The summed E-state index contributed by atoms with van der Waals surface area (Å²) in [6.07, 6.45) is -2.34. The Labute approximate surface area is 218 Å². The Balaban J connectivity index is 1.53. The lowest BCUT2D eigenvalue weighted by molar-refractivity contribution is -0.184. The molecule has 4 aromatic rings. The van der Waals surface area contributed by atoms with Gasteiger partial charge in [-0.25, -0.2) is 4.98 Å². The summed E-state index contributed by atoms with van der Waals surface area (Å²) in [5.41, 5.74) is 1.61. The van der Waals surface area contributed by atoms with Crippen molar-refractivity contribution < 1.29 is 18.0 Å². The summed E-state index contributed by atoms with van der Waals surface area (Å²) >= 11 is 0. The fourth-order valence-corrected chi connectivity index (χ4v) is 4.90. The lowest BCUT2D eigenvalue weighted by Gasteiger charge is -2.30. The summed E-state index contributed by atoms with van der Waals surface area (Å²) in [5, 5.41) is 15.2. The van der Waals surface area contributed by atoms with Gasteiger partial charge in [-0.3, -0.25) is 14.1 Å². The summed E-state index contributed by atoms with van der Waals surface area (Å²) in [6, 6.07) is 10.1. The molecule has 38 heavy (non-hydrogen) atoms. The van der Waals surface area contributed by atoms with Crippen LogP contribution < -0.4 is 10.6 Å². The lowest BCUT2D eigenvalue weighted by Crippen LogP contribution is -2.40. The Kier molecular flexibility index (Phi) is 6.60. The van der Waals surface area contributed by atoms with E-state index in [1.807, 2.05) is 32.9 Å². The average molecular weight is 526 g/mol. The summed E-state index contributed by atoms with van der Waals surface area (Å²) < 4.78 is 44.4. The van der Waals surface area contributed by atoms with Crippen molar-refractivity contribution >= 4 is 22.5 Å². The van der Waals surface area contributed by atoms with Crippen LogP contribution in [0.15, 0.2) is 48.7 Å². The second-order valence-electron chi connectivity index (χ2n) is 10.7. The molecule has 1 aliphatic heterocycles. The Morgan fingerprint density at radius 1 is 1.08 bits per heavy atom. The largest absolute Gasteiger partial charge is 0.408 e. The zero-order chi connectivity index (χ0) is 27.2. The van der Waals surface area contributed by atoms with Gasteiger partial charge in [0.25, 0.3) is 5.91 Å².